The molecule has 1 N–H and O–H groups in total. The van der Waals surface area contributed by atoms with Crippen LogP contribution in [0.15, 0.2) is 35.5 Å². The van der Waals surface area contributed by atoms with Gasteiger partial charge in [0.2, 0.25) is 0 Å². The number of hydrogen-bond donors (Lipinski definition) is 1. The van der Waals surface area contributed by atoms with Gasteiger partial charge in [-0.3, -0.25) is 4.79 Å². The van der Waals surface area contributed by atoms with Gasteiger partial charge in [0.15, 0.2) is 0 Å². The molecule has 0 saturated carbocycles. The Kier molecular flexibility index (Phi) is 6.56. The van der Waals surface area contributed by atoms with Gasteiger partial charge in [0.25, 0.3) is 11.5 Å². The normalized spacial score (nSPS) is 24.7. The monoisotopic (exact) mass is 538 g/mol. The predicted molar refractivity (Wildman–Crippen MR) is 122 cm³/mol. The number of halogens is 6. The first-order chi connectivity index (χ1) is 15.4. The zero-order valence-corrected chi connectivity index (χ0v) is 20.0. The number of hydrogen-bond acceptors (Lipinski definition) is 4. The minimum Gasteiger partial charge on any atom is -0.616 e. The fraction of sp³-hybridized carbons (Fsp3) is 0.333. The summed E-state index contributed by atoms with van der Waals surface area (Å²) in [5, 5.41) is 6.18. The third-order valence-electron chi connectivity index (χ3n) is 5.55. The molecule has 0 radical (unpaired) electrons. The molecule has 176 valence electrons. The molecule has 0 aromatic heterocycles. The summed E-state index contributed by atoms with van der Waals surface area (Å²) < 4.78 is 53.8. The molecular formula is C21H16Cl3F3N2O3S. The van der Waals surface area contributed by atoms with Crippen LogP contribution in [0.4, 0.5) is 13.2 Å². The quantitative estimate of drug-likeness (QED) is 0.418. The van der Waals surface area contributed by atoms with E-state index in [0.29, 0.717) is 28.2 Å². The second-order valence-corrected chi connectivity index (χ2v) is 10.6. The van der Waals surface area contributed by atoms with Crippen molar-refractivity contribution in [1.29, 1.82) is 0 Å². The summed E-state index contributed by atoms with van der Waals surface area (Å²) in [6.45, 7) is 1.67. The standard InChI is InChI=1S/C21H16Cl3F3N2O3S/c1-10-4-11(2-3-14(10)19(30)28-13-8-33(31)9-13)17-7-20(32-29-17,21(25,26)27)12-5-15(22)18(24)16(23)6-12/h2-6,13H,7-9H2,1H3,(H,28,30)/t13-,20-,33+/m0/s1. The molecule has 2 heterocycles. The highest BCUT2D eigenvalue weighted by Gasteiger charge is 2.62. The fourth-order valence-corrected chi connectivity index (χ4v) is 5.25. The molecule has 0 unspecified atom stereocenters. The lowest BCUT2D eigenvalue weighted by molar-refractivity contribution is -0.275. The van der Waals surface area contributed by atoms with Crippen LogP contribution in [0.3, 0.4) is 0 Å². The molecule has 1 amide bonds. The molecule has 2 aliphatic rings. The Bertz CT molecular complexity index is 1130. The number of rotatable bonds is 4. The minimum absolute atomic E-state index is 0.0546. The van der Waals surface area contributed by atoms with E-state index in [1.54, 1.807) is 13.0 Å². The third-order valence-corrected chi connectivity index (χ3v) is 8.29. The first kappa shape index (κ1) is 24.5. The molecule has 1 saturated heterocycles. The van der Waals surface area contributed by atoms with E-state index in [1.807, 2.05) is 0 Å². The number of oxime groups is 1. The Morgan fingerprint density at radius 3 is 2.39 bits per heavy atom. The summed E-state index contributed by atoms with van der Waals surface area (Å²) in [4.78, 5) is 17.5. The lowest BCUT2D eigenvalue weighted by Crippen LogP contribution is -2.53. The number of nitrogens with one attached hydrogen (secondary N) is 1. The maximum Gasteiger partial charge on any atom is 0.435 e. The summed E-state index contributed by atoms with van der Waals surface area (Å²) >= 11 is 16.9. The summed E-state index contributed by atoms with van der Waals surface area (Å²) in [7, 11) is 0. The highest BCUT2D eigenvalue weighted by Crippen LogP contribution is 2.50. The molecule has 0 bridgehead atoms. The maximum absolute atomic E-state index is 14.2. The Labute approximate surface area is 205 Å². The Morgan fingerprint density at radius 1 is 1.21 bits per heavy atom. The van der Waals surface area contributed by atoms with Crippen LogP contribution in [-0.4, -0.2) is 39.9 Å². The molecule has 12 heteroatoms. The summed E-state index contributed by atoms with van der Waals surface area (Å²) in [6.07, 6.45) is -5.46. The van der Waals surface area contributed by atoms with Gasteiger partial charge >= 0.3 is 6.18 Å². The Morgan fingerprint density at radius 2 is 1.85 bits per heavy atom. The lowest BCUT2D eigenvalue weighted by atomic mass is 9.86. The van der Waals surface area contributed by atoms with Crippen molar-refractivity contribution in [2.75, 3.05) is 11.5 Å². The molecule has 5 nitrogen and oxygen atoms in total. The zero-order chi connectivity index (χ0) is 24.1. The van der Waals surface area contributed by atoms with Gasteiger partial charge in [-0.25, -0.2) is 0 Å². The van der Waals surface area contributed by atoms with Gasteiger partial charge in [0, 0.05) is 17.5 Å². The number of amides is 1. The van der Waals surface area contributed by atoms with Crippen molar-refractivity contribution in [3.8, 4) is 0 Å². The number of aryl methyl sites for hydroxylation is 1. The SMILES string of the molecule is Cc1cc(C2=NO[C@@](c3cc(Cl)c(Cl)c(Cl)c3)(C(F)(F)F)C2)ccc1C(=O)N[C@H]1C[S@@+]([O-])C1. The van der Waals surface area contributed by atoms with E-state index in [-0.39, 0.29) is 38.3 Å². The number of alkyl halides is 3. The van der Waals surface area contributed by atoms with Crippen LogP contribution >= 0.6 is 34.8 Å². The van der Waals surface area contributed by atoms with Gasteiger partial charge in [0.05, 0.1) is 20.8 Å². The highest BCUT2D eigenvalue weighted by atomic mass is 35.5. The van der Waals surface area contributed by atoms with Crippen LogP contribution < -0.4 is 5.32 Å². The molecule has 2 aliphatic heterocycles. The van der Waals surface area contributed by atoms with Gasteiger partial charge in [-0.15, -0.1) is 0 Å². The Balaban J connectivity index is 1.60. The second-order valence-electron chi connectivity index (χ2n) is 7.86. The zero-order valence-electron chi connectivity index (χ0n) is 16.9. The van der Waals surface area contributed by atoms with E-state index >= 15 is 0 Å². The first-order valence-corrected chi connectivity index (χ1v) is 12.3. The van der Waals surface area contributed by atoms with Crippen LogP contribution in [-0.2, 0) is 21.6 Å². The van der Waals surface area contributed by atoms with E-state index in [2.05, 4.69) is 10.5 Å². The highest BCUT2D eigenvalue weighted by molar-refractivity contribution is 7.92. The molecule has 1 atom stereocenters. The average molecular weight is 540 g/mol. The minimum atomic E-state index is -4.84. The molecular weight excluding hydrogens is 524 g/mol. The molecule has 0 spiro atoms. The lowest BCUT2D eigenvalue weighted by Gasteiger charge is -2.30. The van der Waals surface area contributed by atoms with E-state index in [4.69, 9.17) is 39.6 Å². The van der Waals surface area contributed by atoms with Crippen LogP contribution in [0, 0.1) is 6.92 Å². The van der Waals surface area contributed by atoms with Crippen molar-refractivity contribution >= 4 is 57.6 Å². The van der Waals surface area contributed by atoms with E-state index < -0.39 is 29.4 Å². The van der Waals surface area contributed by atoms with Gasteiger partial charge in [-0.2, -0.15) is 13.2 Å². The van der Waals surface area contributed by atoms with Gasteiger partial charge < -0.3 is 14.7 Å². The van der Waals surface area contributed by atoms with Crippen LogP contribution in [0.1, 0.15) is 33.5 Å². The van der Waals surface area contributed by atoms with Crippen molar-refractivity contribution in [3.63, 3.8) is 0 Å². The maximum atomic E-state index is 14.2. The van der Waals surface area contributed by atoms with Crippen molar-refractivity contribution in [3.05, 3.63) is 67.7 Å². The third kappa shape index (κ3) is 4.53. The van der Waals surface area contributed by atoms with Gasteiger partial charge in [-0.1, -0.05) is 46.0 Å². The molecule has 2 aromatic carbocycles. The van der Waals surface area contributed by atoms with E-state index in [1.165, 1.54) is 12.1 Å². The topological polar surface area (TPSA) is 73.8 Å². The fourth-order valence-electron chi connectivity index (χ4n) is 3.69. The van der Waals surface area contributed by atoms with Crippen molar-refractivity contribution < 1.29 is 27.4 Å². The van der Waals surface area contributed by atoms with E-state index in [0.717, 1.165) is 12.1 Å². The smallest absolute Gasteiger partial charge is 0.435 e. The molecule has 4 rings (SSSR count). The van der Waals surface area contributed by atoms with Crippen molar-refractivity contribution in [1.82, 2.24) is 5.32 Å². The summed E-state index contributed by atoms with van der Waals surface area (Å²) in [6, 6.07) is 6.58. The van der Waals surface area contributed by atoms with E-state index in [9.17, 15) is 22.5 Å². The number of benzene rings is 2. The summed E-state index contributed by atoms with van der Waals surface area (Å²) in [5.74, 6) is 0.491. The van der Waals surface area contributed by atoms with Crippen LogP contribution in [0.25, 0.3) is 0 Å². The molecule has 33 heavy (non-hydrogen) atoms. The number of nitrogens with zero attached hydrogens (tertiary/aromatic N) is 1. The molecule has 1 fully saturated rings. The second kappa shape index (κ2) is 8.85. The van der Waals surface area contributed by atoms with Crippen LogP contribution in [0.2, 0.25) is 15.1 Å². The van der Waals surface area contributed by atoms with Crippen molar-refractivity contribution in [2.45, 2.75) is 31.2 Å². The largest absolute Gasteiger partial charge is 0.616 e. The number of carbonyl (C=O) groups excluding carboxylic acids is 1. The molecule has 2 aromatic rings. The number of carbonyl (C=O) groups is 1. The average Bonchev–Trinajstić information content (AvgIpc) is 3.17. The van der Waals surface area contributed by atoms with Crippen molar-refractivity contribution in [2.24, 2.45) is 5.16 Å². The predicted octanol–water partition coefficient (Wildman–Crippen LogP) is 5.40. The van der Waals surface area contributed by atoms with Gasteiger partial charge in [0.1, 0.15) is 17.5 Å². The first-order valence-electron chi connectivity index (χ1n) is 9.65. The Hall–Kier alpha value is -1.65. The molecule has 0 aliphatic carbocycles. The van der Waals surface area contributed by atoms with Gasteiger partial charge in [-0.05, 0) is 53.5 Å². The van der Waals surface area contributed by atoms with Crippen LogP contribution in [0.5, 0.6) is 0 Å². The summed E-state index contributed by atoms with van der Waals surface area (Å²) in [5.41, 5.74) is -1.75.